The van der Waals surface area contributed by atoms with Gasteiger partial charge in [0.2, 0.25) is 0 Å². The molecule has 6 nitrogen and oxygen atoms in total. The number of nitrogens with zero attached hydrogens (tertiary/aromatic N) is 2. The zero-order chi connectivity index (χ0) is 18.7. The number of aromatic nitrogens is 2. The van der Waals surface area contributed by atoms with Crippen LogP contribution in [0.15, 0.2) is 59.7 Å². The molecule has 0 aliphatic carbocycles. The van der Waals surface area contributed by atoms with Crippen LogP contribution in [0, 0.1) is 0 Å². The number of carbonyl (C=O) groups is 1. The zero-order valence-electron chi connectivity index (χ0n) is 15.3. The van der Waals surface area contributed by atoms with Crippen molar-refractivity contribution in [3.05, 3.63) is 81.9 Å². The fourth-order valence-electron chi connectivity index (χ4n) is 2.73. The maximum Gasteiger partial charge on any atom is 0.270 e. The minimum Gasteiger partial charge on any atom is -0.350 e. The van der Waals surface area contributed by atoms with Crippen molar-refractivity contribution in [3.8, 4) is 0 Å². The minimum atomic E-state index is -0.477. The van der Waals surface area contributed by atoms with Crippen molar-refractivity contribution < 1.29 is 4.79 Å². The fraction of sp³-hybridized carbons (Fsp3) is 0.250. The number of hydrogen-bond acceptors (Lipinski definition) is 4. The van der Waals surface area contributed by atoms with E-state index in [0.29, 0.717) is 11.6 Å². The van der Waals surface area contributed by atoms with E-state index in [-0.39, 0.29) is 30.6 Å². The average molecular weight is 387 g/mol. The van der Waals surface area contributed by atoms with Crippen molar-refractivity contribution in [2.75, 3.05) is 6.54 Å². The first kappa shape index (κ1) is 20.6. The summed E-state index contributed by atoms with van der Waals surface area (Å²) >= 11 is 0. The number of carbonyl (C=O) groups excluding carboxylic acids is 1. The van der Waals surface area contributed by atoms with Gasteiger partial charge >= 0.3 is 0 Å². The number of rotatable bonds is 5. The molecule has 0 radical (unpaired) electrons. The Bertz CT molecular complexity index is 983. The van der Waals surface area contributed by atoms with Crippen molar-refractivity contribution in [2.45, 2.75) is 25.8 Å². The van der Waals surface area contributed by atoms with Crippen LogP contribution in [-0.4, -0.2) is 21.8 Å². The molecule has 1 atom stereocenters. The third-order valence-corrected chi connectivity index (χ3v) is 4.37. The normalized spacial score (nSPS) is 11.9. The van der Waals surface area contributed by atoms with Crippen LogP contribution >= 0.6 is 12.4 Å². The highest BCUT2D eigenvalue weighted by Crippen LogP contribution is 2.17. The van der Waals surface area contributed by atoms with Gasteiger partial charge in [-0.05, 0) is 29.2 Å². The lowest BCUT2D eigenvalue weighted by Gasteiger charge is -2.14. The van der Waals surface area contributed by atoms with Gasteiger partial charge < -0.3 is 11.1 Å². The van der Waals surface area contributed by atoms with Crippen LogP contribution in [0.4, 0.5) is 0 Å². The number of amides is 1. The lowest BCUT2D eigenvalue weighted by atomic mass is 9.99. The Morgan fingerprint density at radius 3 is 2.48 bits per heavy atom. The van der Waals surface area contributed by atoms with Crippen LogP contribution in [0.3, 0.4) is 0 Å². The highest BCUT2D eigenvalue weighted by molar-refractivity contribution is 5.93. The second kappa shape index (κ2) is 8.79. The standard InChI is InChI=1S/C20H22N4O2.ClH/c1-13(2)14-6-8-15(9-7-14)17(21)12-23-19(25)16-11-22-18-5-3-4-10-24(18)20(16)26;/h3-11,13,17H,12,21H2,1-2H3,(H,23,25);1H. The molecule has 7 heteroatoms. The summed E-state index contributed by atoms with van der Waals surface area (Å²) in [6.45, 7) is 4.49. The predicted octanol–water partition coefficient (Wildman–Crippen LogP) is 2.67. The van der Waals surface area contributed by atoms with E-state index in [0.717, 1.165) is 5.56 Å². The Labute approximate surface area is 163 Å². The quantitative estimate of drug-likeness (QED) is 0.705. The second-order valence-electron chi connectivity index (χ2n) is 6.54. The Kier molecular flexibility index (Phi) is 6.71. The van der Waals surface area contributed by atoms with Crippen LogP contribution in [-0.2, 0) is 0 Å². The molecule has 3 rings (SSSR count). The van der Waals surface area contributed by atoms with Crippen LogP contribution in [0.25, 0.3) is 5.65 Å². The summed E-state index contributed by atoms with van der Waals surface area (Å²) in [5, 5.41) is 2.72. The number of benzene rings is 1. The van der Waals surface area contributed by atoms with E-state index >= 15 is 0 Å². The van der Waals surface area contributed by atoms with E-state index in [1.165, 1.54) is 16.2 Å². The summed E-state index contributed by atoms with van der Waals surface area (Å²) < 4.78 is 1.35. The van der Waals surface area contributed by atoms with Crippen LogP contribution < -0.4 is 16.6 Å². The maximum atomic E-state index is 12.4. The number of pyridine rings is 1. The van der Waals surface area contributed by atoms with Gasteiger partial charge in [0.05, 0.1) is 0 Å². The van der Waals surface area contributed by atoms with Gasteiger partial charge in [-0.25, -0.2) is 4.98 Å². The first-order valence-electron chi connectivity index (χ1n) is 8.57. The molecular weight excluding hydrogens is 364 g/mol. The third-order valence-electron chi connectivity index (χ3n) is 4.37. The zero-order valence-corrected chi connectivity index (χ0v) is 16.1. The van der Waals surface area contributed by atoms with Gasteiger partial charge in [-0.15, -0.1) is 12.4 Å². The first-order valence-corrected chi connectivity index (χ1v) is 8.57. The molecule has 3 N–H and O–H groups in total. The Morgan fingerprint density at radius 2 is 1.81 bits per heavy atom. The molecule has 3 aromatic rings. The maximum absolute atomic E-state index is 12.4. The average Bonchev–Trinajstić information content (AvgIpc) is 2.66. The largest absolute Gasteiger partial charge is 0.350 e. The molecule has 142 valence electrons. The van der Waals surface area contributed by atoms with Crippen LogP contribution in [0.5, 0.6) is 0 Å². The summed E-state index contributed by atoms with van der Waals surface area (Å²) in [5.41, 5.74) is 8.42. The molecule has 27 heavy (non-hydrogen) atoms. The van der Waals surface area contributed by atoms with Gasteiger partial charge in [0, 0.05) is 25.0 Å². The molecule has 0 spiro atoms. The van der Waals surface area contributed by atoms with Crippen molar-refractivity contribution in [1.82, 2.24) is 14.7 Å². The number of halogens is 1. The number of fused-ring (bicyclic) bond motifs is 1. The number of hydrogen-bond donors (Lipinski definition) is 2. The van der Waals surface area contributed by atoms with E-state index in [1.807, 2.05) is 24.3 Å². The summed E-state index contributed by atoms with van der Waals surface area (Å²) in [6.07, 6.45) is 2.89. The SMILES string of the molecule is CC(C)c1ccc(C(N)CNC(=O)c2cnc3ccccn3c2=O)cc1.Cl. The van der Waals surface area contributed by atoms with Crippen LogP contribution in [0.1, 0.15) is 47.3 Å². The highest BCUT2D eigenvalue weighted by Gasteiger charge is 2.15. The number of nitrogens with one attached hydrogen (secondary N) is 1. The Hall–Kier alpha value is -2.70. The van der Waals surface area contributed by atoms with E-state index in [4.69, 9.17) is 5.73 Å². The van der Waals surface area contributed by atoms with E-state index < -0.39 is 11.5 Å². The molecule has 1 aromatic carbocycles. The van der Waals surface area contributed by atoms with E-state index in [1.54, 1.807) is 24.4 Å². The molecule has 0 saturated carbocycles. The summed E-state index contributed by atoms with van der Waals surface area (Å²) in [4.78, 5) is 28.9. The van der Waals surface area contributed by atoms with Crippen molar-refractivity contribution in [1.29, 1.82) is 0 Å². The van der Waals surface area contributed by atoms with Gasteiger partial charge in [-0.1, -0.05) is 44.2 Å². The summed E-state index contributed by atoms with van der Waals surface area (Å²) in [5.74, 6) is -0.0247. The van der Waals surface area contributed by atoms with Gasteiger partial charge in [-0.2, -0.15) is 0 Å². The minimum absolute atomic E-state index is 0. The molecule has 0 bridgehead atoms. The summed E-state index contributed by atoms with van der Waals surface area (Å²) in [6, 6.07) is 12.9. The fourth-order valence-corrected chi connectivity index (χ4v) is 2.73. The van der Waals surface area contributed by atoms with Gasteiger partial charge in [0.25, 0.3) is 11.5 Å². The highest BCUT2D eigenvalue weighted by atomic mass is 35.5. The lowest BCUT2D eigenvalue weighted by Crippen LogP contribution is -2.35. The first-order chi connectivity index (χ1) is 12.5. The molecule has 1 unspecified atom stereocenters. The van der Waals surface area contributed by atoms with E-state index in [9.17, 15) is 9.59 Å². The topological polar surface area (TPSA) is 89.5 Å². The molecule has 2 heterocycles. The molecule has 0 aliphatic rings. The Morgan fingerprint density at radius 1 is 1.15 bits per heavy atom. The number of nitrogens with two attached hydrogens (primary N) is 1. The smallest absolute Gasteiger partial charge is 0.270 e. The van der Waals surface area contributed by atoms with Crippen molar-refractivity contribution >= 4 is 24.0 Å². The van der Waals surface area contributed by atoms with Crippen molar-refractivity contribution in [3.63, 3.8) is 0 Å². The molecule has 0 saturated heterocycles. The molecular formula is C20H23ClN4O2. The van der Waals surface area contributed by atoms with Crippen molar-refractivity contribution in [2.24, 2.45) is 5.73 Å². The molecule has 2 aromatic heterocycles. The van der Waals surface area contributed by atoms with Gasteiger partial charge in [0.1, 0.15) is 11.2 Å². The molecule has 0 fully saturated rings. The Balaban J connectivity index is 0.00000261. The molecule has 0 aliphatic heterocycles. The second-order valence-corrected chi connectivity index (χ2v) is 6.54. The van der Waals surface area contributed by atoms with Gasteiger partial charge in [-0.3, -0.25) is 14.0 Å². The van der Waals surface area contributed by atoms with Gasteiger partial charge in [0.15, 0.2) is 0 Å². The van der Waals surface area contributed by atoms with Crippen LogP contribution in [0.2, 0.25) is 0 Å². The van der Waals surface area contributed by atoms with E-state index in [2.05, 4.69) is 24.1 Å². The summed E-state index contributed by atoms with van der Waals surface area (Å²) in [7, 11) is 0. The monoisotopic (exact) mass is 386 g/mol. The predicted molar refractivity (Wildman–Crippen MR) is 109 cm³/mol. The lowest BCUT2D eigenvalue weighted by molar-refractivity contribution is 0.0949. The third kappa shape index (κ3) is 4.53. The molecule has 1 amide bonds.